The van der Waals surface area contributed by atoms with Crippen molar-refractivity contribution in [3.8, 4) is 0 Å². The lowest BCUT2D eigenvalue weighted by Gasteiger charge is -2.41. The molecular weight excluding hydrogens is 256 g/mol. The largest absolute Gasteiger partial charge is 0.396 e. The van der Waals surface area contributed by atoms with Gasteiger partial charge in [-0.05, 0) is 25.7 Å². The molecule has 5 nitrogen and oxygen atoms in total. The second-order valence-corrected chi connectivity index (χ2v) is 5.99. The molecule has 0 bridgehead atoms. The Balaban J connectivity index is 1.95. The first-order valence-corrected chi connectivity index (χ1v) is 7.37. The van der Waals surface area contributed by atoms with Gasteiger partial charge in [-0.3, -0.25) is 9.59 Å². The topological polar surface area (TPSA) is 60.9 Å². The molecule has 112 valence electrons. The third-order valence-electron chi connectivity index (χ3n) is 4.42. The quantitative estimate of drug-likeness (QED) is 0.757. The Labute approximate surface area is 120 Å². The summed E-state index contributed by atoms with van der Waals surface area (Å²) in [6.07, 6.45) is 5.76. The molecule has 0 radical (unpaired) electrons. The fourth-order valence-corrected chi connectivity index (χ4v) is 3.22. The van der Waals surface area contributed by atoms with Gasteiger partial charge in [0.1, 0.15) is 0 Å². The Morgan fingerprint density at radius 2 is 2.20 bits per heavy atom. The van der Waals surface area contributed by atoms with Crippen LogP contribution in [0.1, 0.15) is 32.1 Å². The number of amides is 2. The van der Waals surface area contributed by atoms with Gasteiger partial charge in [0.25, 0.3) is 0 Å². The molecule has 2 aliphatic rings. The average Bonchev–Trinajstić information content (AvgIpc) is 2.85. The average molecular weight is 280 g/mol. The van der Waals surface area contributed by atoms with Gasteiger partial charge in [-0.15, -0.1) is 6.58 Å². The zero-order valence-corrected chi connectivity index (χ0v) is 12.0. The monoisotopic (exact) mass is 280 g/mol. The standard InChI is InChI=1S/C15H24N2O3/c1-2-6-15(12-18)7-4-9-17(11-15)14(20)10-16-8-3-5-13(16)19/h2,18H,1,3-12H2/t15-/m0/s1. The minimum atomic E-state index is -0.245. The molecule has 2 heterocycles. The normalized spacial score (nSPS) is 26.9. The number of carbonyl (C=O) groups is 2. The molecule has 0 unspecified atom stereocenters. The number of hydrogen-bond acceptors (Lipinski definition) is 3. The second-order valence-electron chi connectivity index (χ2n) is 5.99. The van der Waals surface area contributed by atoms with Crippen LogP contribution >= 0.6 is 0 Å². The number of rotatable bonds is 5. The Morgan fingerprint density at radius 3 is 2.80 bits per heavy atom. The van der Waals surface area contributed by atoms with Crippen LogP contribution in [0.2, 0.25) is 0 Å². The van der Waals surface area contributed by atoms with Gasteiger partial charge in [-0.1, -0.05) is 6.08 Å². The maximum Gasteiger partial charge on any atom is 0.242 e. The summed E-state index contributed by atoms with van der Waals surface area (Å²) in [6.45, 7) is 5.99. The minimum Gasteiger partial charge on any atom is -0.396 e. The molecule has 0 aromatic heterocycles. The van der Waals surface area contributed by atoms with Crippen molar-refractivity contribution < 1.29 is 14.7 Å². The van der Waals surface area contributed by atoms with E-state index in [0.29, 0.717) is 19.5 Å². The number of hydrogen-bond donors (Lipinski definition) is 1. The Kier molecular flexibility index (Phi) is 4.81. The third kappa shape index (κ3) is 3.20. The number of aliphatic hydroxyl groups is 1. The number of allylic oxidation sites excluding steroid dienone is 1. The number of aliphatic hydroxyl groups excluding tert-OH is 1. The summed E-state index contributed by atoms with van der Waals surface area (Å²) in [4.78, 5) is 27.4. The first kappa shape index (κ1) is 15.0. The van der Waals surface area contributed by atoms with Crippen LogP contribution in [0.25, 0.3) is 0 Å². The molecule has 2 saturated heterocycles. The predicted molar refractivity (Wildman–Crippen MR) is 76.0 cm³/mol. The highest BCUT2D eigenvalue weighted by Crippen LogP contribution is 2.33. The van der Waals surface area contributed by atoms with Crippen molar-refractivity contribution in [2.75, 3.05) is 32.8 Å². The zero-order chi connectivity index (χ0) is 14.6. The van der Waals surface area contributed by atoms with Gasteiger partial charge in [-0.25, -0.2) is 0 Å². The maximum atomic E-state index is 12.3. The summed E-state index contributed by atoms with van der Waals surface area (Å²) in [7, 11) is 0. The third-order valence-corrected chi connectivity index (χ3v) is 4.42. The summed E-state index contributed by atoms with van der Waals surface area (Å²) < 4.78 is 0. The zero-order valence-electron chi connectivity index (χ0n) is 12.0. The number of nitrogens with zero attached hydrogens (tertiary/aromatic N) is 2. The number of likely N-dealkylation sites (tertiary alicyclic amines) is 2. The fraction of sp³-hybridized carbons (Fsp3) is 0.733. The van der Waals surface area contributed by atoms with Gasteiger partial charge < -0.3 is 14.9 Å². The summed E-state index contributed by atoms with van der Waals surface area (Å²) in [5.74, 6) is 0.0803. The van der Waals surface area contributed by atoms with E-state index in [1.165, 1.54) is 0 Å². The van der Waals surface area contributed by atoms with Crippen LogP contribution in [0.3, 0.4) is 0 Å². The van der Waals surface area contributed by atoms with Crippen LogP contribution in [0, 0.1) is 5.41 Å². The second kappa shape index (κ2) is 6.39. The summed E-state index contributed by atoms with van der Waals surface area (Å²) in [5.41, 5.74) is -0.245. The molecule has 2 rings (SSSR count). The van der Waals surface area contributed by atoms with E-state index in [2.05, 4.69) is 6.58 Å². The van der Waals surface area contributed by atoms with Crippen molar-refractivity contribution in [2.45, 2.75) is 32.1 Å². The SMILES string of the molecule is C=CC[C@]1(CO)CCCN(C(=O)CN2CCCC2=O)C1. The molecule has 1 atom stereocenters. The van der Waals surface area contributed by atoms with Crippen molar-refractivity contribution in [1.82, 2.24) is 9.80 Å². The summed E-state index contributed by atoms with van der Waals surface area (Å²) >= 11 is 0. The molecule has 1 N–H and O–H groups in total. The summed E-state index contributed by atoms with van der Waals surface area (Å²) in [5, 5.41) is 9.65. The lowest BCUT2D eigenvalue weighted by molar-refractivity contribution is -0.141. The molecule has 0 aromatic carbocycles. The van der Waals surface area contributed by atoms with Crippen molar-refractivity contribution in [2.24, 2.45) is 5.41 Å². The van der Waals surface area contributed by atoms with Gasteiger partial charge in [0.2, 0.25) is 11.8 Å². The van der Waals surface area contributed by atoms with Gasteiger partial charge in [0.15, 0.2) is 0 Å². The molecule has 2 amide bonds. The van der Waals surface area contributed by atoms with Gasteiger partial charge >= 0.3 is 0 Å². The highest BCUT2D eigenvalue weighted by Gasteiger charge is 2.36. The van der Waals surface area contributed by atoms with Crippen LogP contribution in [0.15, 0.2) is 12.7 Å². The van der Waals surface area contributed by atoms with Crippen LogP contribution in [0.4, 0.5) is 0 Å². The van der Waals surface area contributed by atoms with Crippen LogP contribution in [-0.4, -0.2) is 59.5 Å². The highest BCUT2D eigenvalue weighted by molar-refractivity contribution is 5.86. The van der Waals surface area contributed by atoms with E-state index >= 15 is 0 Å². The summed E-state index contributed by atoms with van der Waals surface area (Å²) in [6, 6.07) is 0. The fourth-order valence-electron chi connectivity index (χ4n) is 3.22. The van der Waals surface area contributed by atoms with Crippen molar-refractivity contribution in [3.63, 3.8) is 0 Å². The van der Waals surface area contributed by atoms with Crippen molar-refractivity contribution in [3.05, 3.63) is 12.7 Å². The van der Waals surface area contributed by atoms with E-state index in [0.717, 1.165) is 32.2 Å². The van der Waals surface area contributed by atoms with E-state index in [9.17, 15) is 14.7 Å². The van der Waals surface area contributed by atoms with E-state index in [4.69, 9.17) is 0 Å². The van der Waals surface area contributed by atoms with E-state index < -0.39 is 0 Å². The van der Waals surface area contributed by atoms with Gasteiger partial charge in [0, 0.05) is 31.5 Å². The Bertz CT molecular complexity index is 397. The van der Waals surface area contributed by atoms with Crippen LogP contribution in [-0.2, 0) is 9.59 Å². The van der Waals surface area contributed by atoms with E-state index in [1.54, 1.807) is 9.80 Å². The first-order chi connectivity index (χ1) is 9.60. The highest BCUT2D eigenvalue weighted by atomic mass is 16.3. The Hall–Kier alpha value is -1.36. The molecule has 2 fully saturated rings. The molecule has 5 heteroatoms. The van der Waals surface area contributed by atoms with Gasteiger partial charge in [0.05, 0.1) is 13.2 Å². The number of carbonyl (C=O) groups excluding carboxylic acids is 2. The van der Waals surface area contributed by atoms with E-state index in [1.807, 2.05) is 6.08 Å². The number of piperidine rings is 1. The smallest absolute Gasteiger partial charge is 0.242 e. The van der Waals surface area contributed by atoms with Gasteiger partial charge in [-0.2, -0.15) is 0 Å². The van der Waals surface area contributed by atoms with Crippen LogP contribution in [0.5, 0.6) is 0 Å². The lowest BCUT2D eigenvalue weighted by atomic mass is 9.78. The van der Waals surface area contributed by atoms with Crippen molar-refractivity contribution in [1.29, 1.82) is 0 Å². The van der Waals surface area contributed by atoms with E-state index in [-0.39, 0.29) is 30.4 Å². The van der Waals surface area contributed by atoms with Crippen molar-refractivity contribution >= 4 is 11.8 Å². The molecule has 0 aromatic rings. The molecule has 0 aliphatic carbocycles. The Morgan fingerprint density at radius 1 is 1.40 bits per heavy atom. The first-order valence-electron chi connectivity index (χ1n) is 7.37. The van der Waals surface area contributed by atoms with Crippen LogP contribution < -0.4 is 0 Å². The maximum absolute atomic E-state index is 12.3. The molecule has 0 saturated carbocycles. The predicted octanol–water partition coefficient (Wildman–Crippen LogP) is 0.786. The molecule has 20 heavy (non-hydrogen) atoms. The lowest BCUT2D eigenvalue weighted by Crippen LogP contribution is -2.50. The molecule has 2 aliphatic heterocycles. The molecule has 0 spiro atoms. The minimum absolute atomic E-state index is 0.00170. The molecular formula is C15H24N2O3.